The standard InChI is InChI=1S/C17H22N2O4S/c1-11-4-3-5-13(6-11)7-14(17(22)23)8-18-16(21)15-9-24-10-19(15)12(2)20/h3-6,14-15H,7-10H2,1-2H3,(H,18,21)(H,22,23)/t14-,15+/m0/s1. The van der Waals surface area contributed by atoms with Gasteiger partial charge in [-0.25, -0.2) is 0 Å². The van der Waals surface area contributed by atoms with Crippen molar-refractivity contribution in [3.63, 3.8) is 0 Å². The van der Waals surface area contributed by atoms with E-state index in [1.807, 2.05) is 31.2 Å². The number of aliphatic carboxylic acids is 1. The molecule has 1 aromatic rings. The van der Waals surface area contributed by atoms with E-state index in [9.17, 15) is 19.5 Å². The Morgan fingerprint density at radius 2 is 2.17 bits per heavy atom. The summed E-state index contributed by atoms with van der Waals surface area (Å²) in [4.78, 5) is 36.8. The molecular weight excluding hydrogens is 328 g/mol. The predicted octanol–water partition coefficient (Wildman–Crippen LogP) is 1.28. The smallest absolute Gasteiger partial charge is 0.308 e. The zero-order chi connectivity index (χ0) is 17.7. The largest absolute Gasteiger partial charge is 0.481 e. The Labute approximate surface area is 145 Å². The van der Waals surface area contributed by atoms with Gasteiger partial charge >= 0.3 is 5.97 Å². The van der Waals surface area contributed by atoms with Gasteiger partial charge in [0.05, 0.1) is 11.8 Å². The van der Waals surface area contributed by atoms with Gasteiger partial charge in [0, 0.05) is 19.2 Å². The summed E-state index contributed by atoms with van der Waals surface area (Å²) in [6, 6.07) is 7.16. The first kappa shape index (κ1) is 18.3. The van der Waals surface area contributed by atoms with Gasteiger partial charge in [0.25, 0.3) is 0 Å². The number of amides is 2. The molecule has 1 aliphatic heterocycles. The quantitative estimate of drug-likeness (QED) is 0.807. The third kappa shape index (κ3) is 4.74. The van der Waals surface area contributed by atoms with Crippen molar-refractivity contribution in [2.24, 2.45) is 5.92 Å². The molecule has 0 saturated carbocycles. The maximum absolute atomic E-state index is 12.3. The van der Waals surface area contributed by atoms with Gasteiger partial charge in [-0.3, -0.25) is 14.4 Å². The highest BCUT2D eigenvalue weighted by Gasteiger charge is 2.33. The number of carboxylic acid groups (broad SMARTS) is 1. The highest BCUT2D eigenvalue weighted by atomic mass is 32.2. The second kappa shape index (κ2) is 8.19. The first-order valence-corrected chi connectivity index (χ1v) is 8.95. The van der Waals surface area contributed by atoms with Gasteiger partial charge < -0.3 is 15.3 Å². The third-order valence-corrected chi connectivity index (χ3v) is 5.04. The molecule has 130 valence electrons. The number of carbonyl (C=O) groups excluding carboxylic acids is 2. The van der Waals surface area contributed by atoms with Crippen molar-refractivity contribution in [2.45, 2.75) is 26.3 Å². The van der Waals surface area contributed by atoms with Crippen molar-refractivity contribution in [1.29, 1.82) is 0 Å². The summed E-state index contributed by atoms with van der Waals surface area (Å²) < 4.78 is 0. The first-order valence-electron chi connectivity index (χ1n) is 7.79. The van der Waals surface area contributed by atoms with Gasteiger partial charge in [0.15, 0.2) is 0 Å². The third-order valence-electron chi connectivity index (χ3n) is 4.03. The molecule has 2 amide bonds. The van der Waals surface area contributed by atoms with Crippen LogP contribution in [0.3, 0.4) is 0 Å². The van der Waals surface area contributed by atoms with Gasteiger partial charge in [0.2, 0.25) is 11.8 Å². The van der Waals surface area contributed by atoms with Gasteiger partial charge in [-0.15, -0.1) is 11.8 Å². The first-order chi connectivity index (χ1) is 11.4. The van der Waals surface area contributed by atoms with Crippen molar-refractivity contribution in [2.75, 3.05) is 18.2 Å². The molecular formula is C17H22N2O4S. The summed E-state index contributed by atoms with van der Waals surface area (Å²) in [6.45, 7) is 3.44. The van der Waals surface area contributed by atoms with Crippen LogP contribution < -0.4 is 5.32 Å². The second-order valence-electron chi connectivity index (χ2n) is 5.98. The highest BCUT2D eigenvalue weighted by Crippen LogP contribution is 2.21. The number of aryl methyl sites for hydroxylation is 1. The highest BCUT2D eigenvalue weighted by molar-refractivity contribution is 7.99. The van der Waals surface area contributed by atoms with Gasteiger partial charge in [-0.05, 0) is 18.9 Å². The molecule has 7 heteroatoms. The Morgan fingerprint density at radius 1 is 1.42 bits per heavy atom. The van der Waals surface area contributed by atoms with Crippen molar-refractivity contribution >= 4 is 29.5 Å². The van der Waals surface area contributed by atoms with E-state index >= 15 is 0 Å². The van der Waals surface area contributed by atoms with E-state index in [-0.39, 0.29) is 18.4 Å². The zero-order valence-electron chi connectivity index (χ0n) is 13.8. The Hall–Kier alpha value is -2.02. The van der Waals surface area contributed by atoms with Crippen LogP contribution in [0.4, 0.5) is 0 Å². The minimum atomic E-state index is -0.943. The molecule has 2 atom stereocenters. The van der Waals surface area contributed by atoms with E-state index in [1.165, 1.54) is 23.6 Å². The van der Waals surface area contributed by atoms with E-state index in [2.05, 4.69) is 5.32 Å². The second-order valence-corrected chi connectivity index (χ2v) is 6.98. The lowest BCUT2D eigenvalue weighted by Gasteiger charge is -2.22. The summed E-state index contributed by atoms with van der Waals surface area (Å²) in [5.74, 6) is -1.03. The van der Waals surface area contributed by atoms with E-state index in [0.29, 0.717) is 18.1 Å². The van der Waals surface area contributed by atoms with Crippen LogP contribution in [0.1, 0.15) is 18.1 Å². The number of thioether (sulfide) groups is 1. The summed E-state index contributed by atoms with van der Waals surface area (Å²) >= 11 is 1.52. The molecule has 24 heavy (non-hydrogen) atoms. The van der Waals surface area contributed by atoms with Crippen molar-refractivity contribution in [1.82, 2.24) is 10.2 Å². The number of hydrogen-bond donors (Lipinski definition) is 2. The van der Waals surface area contributed by atoms with Gasteiger partial charge in [-0.1, -0.05) is 29.8 Å². The average molecular weight is 350 g/mol. The fourth-order valence-corrected chi connectivity index (χ4v) is 3.90. The molecule has 6 nitrogen and oxygen atoms in total. The summed E-state index contributed by atoms with van der Waals surface area (Å²) in [5, 5.41) is 12.1. The fourth-order valence-electron chi connectivity index (χ4n) is 2.68. The summed E-state index contributed by atoms with van der Waals surface area (Å²) in [6.07, 6.45) is 0.354. The average Bonchev–Trinajstić information content (AvgIpc) is 3.00. The minimum absolute atomic E-state index is 0.0506. The molecule has 0 unspecified atom stereocenters. The Kier molecular flexibility index (Phi) is 6.25. The normalized spacial score (nSPS) is 18.2. The van der Waals surface area contributed by atoms with Crippen LogP contribution >= 0.6 is 11.8 Å². The van der Waals surface area contributed by atoms with Crippen LogP contribution in [0.2, 0.25) is 0 Å². The van der Waals surface area contributed by atoms with Crippen molar-refractivity contribution < 1.29 is 19.5 Å². The summed E-state index contributed by atoms with van der Waals surface area (Å²) in [5.41, 5.74) is 2.00. The number of nitrogens with one attached hydrogen (secondary N) is 1. The summed E-state index contributed by atoms with van der Waals surface area (Å²) in [7, 11) is 0. The van der Waals surface area contributed by atoms with E-state index in [0.717, 1.165) is 11.1 Å². The van der Waals surface area contributed by atoms with Crippen LogP contribution in [0.15, 0.2) is 24.3 Å². The lowest BCUT2D eigenvalue weighted by atomic mass is 9.98. The van der Waals surface area contributed by atoms with E-state index < -0.39 is 17.9 Å². The monoisotopic (exact) mass is 350 g/mol. The van der Waals surface area contributed by atoms with Crippen LogP contribution in [-0.4, -0.2) is 52.0 Å². The van der Waals surface area contributed by atoms with Crippen LogP contribution in [0, 0.1) is 12.8 Å². The minimum Gasteiger partial charge on any atom is -0.481 e. The van der Waals surface area contributed by atoms with Gasteiger partial charge in [0.1, 0.15) is 6.04 Å². The Bertz CT molecular complexity index is 635. The Balaban J connectivity index is 1.95. The molecule has 0 spiro atoms. The molecule has 1 aliphatic rings. The lowest BCUT2D eigenvalue weighted by molar-refractivity contribution is -0.142. The van der Waals surface area contributed by atoms with Gasteiger partial charge in [-0.2, -0.15) is 0 Å². The molecule has 2 N–H and O–H groups in total. The van der Waals surface area contributed by atoms with Crippen LogP contribution in [-0.2, 0) is 20.8 Å². The fraction of sp³-hybridized carbons (Fsp3) is 0.471. The topological polar surface area (TPSA) is 86.7 Å². The number of rotatable bonds is 6. The van der Waals surface area contributed by atoms with Crippen LogP contribution in [0.25, 0.3) is 0 Å². The van der Waals surface area contributed by atoms with E-state index in [4.69, 9.17) is 0 Å². The molecule has 1 heterocycles. The van der Waals surface area contributed by atoms with E-state index in [1.54, 1.807) is 0 Å². The molecule has 0 bridgehead atoms. The molecule has 2 rings (SSSR count). The molecule has 0 aliphatic carbocycles. The lowest BCUT2D eigenvalue weighted by Crippen LogP contribution is -2.48. The number of benzene rings is 1. The van der Waals surface area contributed by atoms with Crippen molar-refractivity contribution in [3.05, 3.63) is 35.4 Å². The molecule has 1 aromatic carbocycles. The molecule has 1 fully saturated rings. The number of carboxylic acids is 1. The molecule has 0 aromatic heterocycles. The maximum Gasteiger partial charge on any atom is 0.308 e. The SMILES string of the molecule is CC(=O)N1CSC[C@@H]1C(=O)NC[C@H](Cc1cccc(C)c1)C(=O)O. The maximum atomic E-state index is 12.3. The predicted molar refractivity (Wildman–Crippen MR) is 92.7 cm³/mol. The van der Waals surface area contributed by atoms with Crippen molar-refractivity contribution in [3.8, 4) is 0 Å². The molecule has 0 radical (unpaired) electrons. The molecule has 1 saturated heterocycles. The number of nitrogens with zero attached hydrogens (tertiary/aromatic N) is 1. The van der Waals surface area contributed by atoms with Crippen LogP contribution in [0.5, 0.6) is 0 Å². The number of hydrogen-bond acceptors (Lipinski definition) is 4. The Morgan fingerprint density at radius 3 is 2.79 bits per heavy atom. The zero-order valence-corrected chi connectivity index (χ0v) is 14.6. The number of carbonyl (C=O) groups is 3.